The van der Waals surface area contributed by atoms with Crippen LogP contribution >= 0.6 is 0 Å². The molecule has 0 bridgehead atoms. The molecular formula is C12H18N4O2S. The standard InChI is InChI=1S/C12H18N4O2S/c1-9(8-19(3,17)18)13-10(2)12-15-14-11-6-4-5-7-16(11)12/h4-7,9-10,13H,8H2,1-3H3. The number of nitrogens with one attached hydrogen (secondary N) is 1. The summed E-state index contributed by atoms with van der Waals surface area (Å²) in [5, 5.41) is 11.5. The molecule has 0 amide bonds. The topological polar surface area (TPSA) is 76.4 Å². The number of fused-ring (bicyclic) bond motifs is 1. The second-order valence-electron chi connectivity index (χ2n) is 4.87. The summed E-state index contributed by atoms with van der Waals surface area (Å²) in [5.41, 5.74) is 0.780. The lowest BCUT2D eigenvalue weighted by molar-refractivity contribution is 0.481. The number of aromatic nitrogens is 3. The van der Waals surface area contributed by atoms with Gasteiger partial charge >= 0.3 is 0 Å². The van der Waals surface area contributed by atoms with Gasteiger partial charge in [-0.05, 0) is 26.0 Å². The summed E-state index contributed by atoms with van der Waals surface area (Å²) in [6, 6.07) is 5.48. The van der Waals surface area contributed by atoms with Gasteiger partial charge in [0.25, 0.3) is 0 Å². The minimum Gasteiger partial charge on any atom is -0.304 e. The van der Waals surface area contributed by atoms with E-state index < -0.39 is 9.84 Å². The molecule has 104 valence electrons. The Morgan fingerprint density at radius 2 is 2.05 bits per heavy atom. The van der Waals surface area contributed by atoms with Crippen molar-refractivity contribution in [2.24, 2.45) is 0 Å². The average molecular weight is 282 g/mol. The van der Waals surface area contributed by atoms with Crippen molar-refractivity contribution in [1.82, 2.24) is 19.9 Å². The highest BCUT2D eigenvalue weighted by Crippen LogP contribution is 2.12. The van der Waals surface area contributed by atoms with Gasteiger partial charge in [-0.1, -0.05) is 6.07 Å². The first-order chi connectivity index (χ1) is 8.87. The van der Waals surface area contributed by atoms with E-state index in [4.69, 9.17) is 0 Å². The van der Waals surface area contributed by atoms with Crippen molar-refractivity contribution in [3.63, 3.8) is 0 Å². The molecule has 0 radical (unpaired) electrons. The summed E-state index contributed by atoms with van der Waals surface area (Å²) >= 11 is 0. The molecule has 2 aromatic heterocycles. The fraction of sp³-hybridized carbons (Fsp3) is 0.500. The lowest BCUT2D eigenvalue weighted by Crippen LogP contribution is -2.35. The number of pyridine rings is 1. The van der Waals surface area contributed by atoms with E-state index in [1.54, 1.807) is 0 Å². The normalized spacial score (nSPS) is 15.5. The van der Waals surface area contributed by atoms with Crippen molar-refractivity contribution in [2.75, 3.05) is 12.0 Å². The van der Waals surface area contributed by atoms with Crippen molar-refractivity contribution in [1.29, 1.82) is 0 Å². The molecule has 0 fully saturated rings. The monoisotopic (exact) mass is 282 g/mol. The van der Waals surface area contributed by atoms with Crippen LogP contribution in [-0.2, 0) is 9.84 Å². The van der Waals surface area contributed by atoms with Gasteiger partial charge in [-0.25, -0.2) is 8.42 Å². The van der Waals surface area contributed by atoms with Gasteiger partial charge in [0, 0.05) is 18.5 Å². The first-order valence-electron chi connectivity index (χ1n) is 6.10. The Bertz CT molecular complexity index is 665. The number of nitrogens with zero attached hydrogens (tertiary/aromatic N) is 3. The Balaban J connectivity index is 2.14. The summed E-state index contributed by atoms with van der Waals surface area (Å²) < 4.78 is 24.4. The summed E-state index contributed by atoms with van der Waals surface area (Å²) in [6.45, 7) is 3.79. The van der Waals surface area contributed by atoms with Crippen LogP contribution in [0.4, 0.5) is 0 Å². The first-order valence-corrected chi connectivity index (χ1v) is 8.16. The minimum absolute atomic E-state index is 0.0749. The van der Waals surface area contributed by atoms with Gasteiger partial charge in [0.1, 0.15) is 9.84 Å². The molecule has 0 aliphatic heterocycles. The number of hydrogen-bond donors (Lipinski definition) is 1. The van der Waals surface area contributed by atoms with E-state index in [1.807, 2.05) is 42.6 Å². The summed E-state index contributed by atoms with van der Waals surface area (Å²) in [5.74, 6) is 0.879. The molecule has 1 N–H and O–H groups in total. The van der Waals surface area contributed by atoms with E-state index >= 15 is 0 Å². The van der Waals surface area contributed by atoms with Crippen LogP contribution in [0.25, 0.3) is 5.65 Å². The van der Waals surface area contributed by atoms with Gasteiger partial charge in [0.2, 0.25) is 0 Å². The van der Waals surface area contributed by atoms with Gasteiger partial charge < -0.3 is 5.32 Å². The molecule has 0 spiro atoms. The highest BCUT2D eigenvalue weighted by Gasteiger charge is 2.17. The van der Waals surface area contributed by atoms with Crippen LogP contribution < -0.4 is 5.32 Å². The largest absolute Gasteiger partial charge is 0.304 e. The maximum Gasteiger partial charge on any atom is 0.160 e. The van der Waals surface area contributed by atoms with Crippen LogP contribution in [0.1, 0.15) is 25.7 Å². The number of hydrogen-bond acceptors (Lipinski definition) is 5. The van der Waals surface area contributed by atoms with Crippen molar-refractivity contribution < 1.29 is 8.42 Å². The third-order valence-corrected chi connectivity index (χ3v) is 3.92. The highest BCUT2D eigenvalue weighted by atomic mass is 32.2. The van der Waals surface area contributed by atoms with Crippen LogP contribution in [0, 0.1) is 0 Å². The van der Waals surface area contributed by atoms with Gasteiger partial charge in [-0.2, -0.15) is 0 Å². The van der Waals surface area contributed by atoms with E-state index in [0.717, 1.165) is 11.5 Å². The fourth-order valence-corrected chi connectivity index (χ4v) is 3.16. The molecule has 0 aliphatic rings. The SMILES string of the molecule is CC(CS(C)(=O)=O)NC(C)c1nnc2ccccn12. The Hall–Kier alpha value is -1.47. The van der Waals surface area contributed by atoms with Crippen molar-refractivity contribution in [3.05, 3.63) is 30.2 Å². The van der Waals surface area contributed by atoms with E-state index in [0.29, 0.717) is 0 Å². The molecule has 2 heterocycles. The molecule has 6 nitrogen and oxygen atoms in total. The van der Waals surface area contributed by atoms with Gasteiger partial charge in [-0.15, -0.1) is 10.2 Å². The maximum absolute atomic E-state index is 11.2. The Morgan fingerprint density at radius 3 is 2.74 bits per heavy atom. The molecule has 19 heavy (non-hydrogen) atoms. The lowest BCUT2D eigenvalue weighted by Gasteiger charge is -2.18. The van der Waals surface area contributed by atoms with Gasteiger partial charge in [-0.3, -0.25) is 4.40 Å². The average Bonchev–Trinajstić information content (AvgIpc) is 2.69. The second-order valence-corrected chi connectivity index (χ2v) is 7.05. The molecule has 7 heteroatoms. The zero-order chi connectivity index (χ0) is 14.0. The molecule has 0 aromatic carbocycles. The van der Waals surface area contributed by atoms with Crippen LogP contribution in [0.3, 0.4) is 0 Å². The van der Waals surface area contributed by atoms with Crippen LogP contribution in [0.2, 0.25) is 0 Å². The van der Waals surface area contributed by atoms with Crippen LogP contribution in [0.5, 0.6) is 0 Å². The van der Waals surface area contributed by atoms with Crippen molar-refractivity contribution in [2.45, 2.75) is 25.9 Å². The Kier molecular flexibility index (Phi) is 3.86. The molecule has 0 aliphatic carbocycles. The molecule has 2 unspecified atom stereocenters. The van der Waals surface area contributed by atoms with Gasteiger partial charge in [0.05, 0.1) is 11.8 Å². The fourth-order valence-electron chi connectivity index (χ4n) is 2.16. The predicted molar refractivity (Wildman–Crippen MR) is 73.7 cm³/mol. The summed E-state index contributed by atoms with van der Waals surface area (Å²) in [6.07, 6.45) is 3.13. The third-order valence-electron chi connectivity index (χ3n) is 2.81. The number of rotatable bonds is 5. The molecule has 2 atom stereocenters. The smallest absolute Gasteiger partial charge is 0.160 e. The molecular weight excluding hydrogens is 264 g/mol. The quantitative estimate of drug-likeness (QED) is 0.878. The molecule has 2 aromatic rings. The Labute approximate surface area is 112 Å². The van der Waals surface area contributed by atoms with Gasteiger partial charge in [0.15, 0.2) is 11.5 Å². The highest BCUT2D eigenvalue weighted by molar-refractivity contribution is 7.90. The van der Waals surface area contributed by atoms with Crippen molar-refractivity contribution >= 4 is 15.5 Å². The minimum atomic E-state index is -2.99. The molecule has 2 rings (SSSR count). The Morgan fingerprint density at radius 1 is 1.32 bits per heavy atom. The van der Waals surface area contributed by atoms with Crippen LogP contribution in [-0.4, -0.2) is 41.1 Å². The maximum atomic E-state index is 11.2. The molecule has 0 saturated heterocycles. The lowest BCUT2D eigenvalue weighted by atomic mass is 10.2. The summed E-state index contributed by atoms with van der Waals surface area (Å²) in [7, 11) is -2.99. The number of sulfone groups is 1. The third kappa shape index (κ3) is 3.51. The zero-order valence-electron chi connectivity index (χ0n) is 11.2. The zero-order valence-corrected chi connectivity index (χ0v) is 12.1. The second kappa shape index (κ2) is 5.26. The predicted octanol–water partition coefficient (Wildman–Crippen LogP) is 0.813. The van der Waals surface area contributed by atoms with E-state index in [1.165, 1.54) is 6.26 Å². The van der Waals surface area contributed by atoms with Crippen molar-refractivity contribution in [3.8, 4) is 0 Å². The molecule has 0 saturated carbocycles. The van der Waals surface area contributed by atoms with E-state index in [2.05, 4.69) is 15.5 Å². The van der Waals surface area contributed by atoms with E-state index in [9.17, 15) is 8.42 Å². The summed E-state index contributed by atoms with van der Waals surface area (Å²) in [4.78, 5) is 0. The van der Waals surface area contributed by atoms with E-state index in [-0.39, 0.29) is 17.8 Å². The van der Waals surface area contributed by atoms with Crippen LogP contribution in [0.15, 0.2) is 24.4 Å². The first kappa shape index (κ1) is 14.0.